The Bertz CT molecular complexity index is 709. The molecule has 5 heteroatoms. The fourth-order valence-electron chi connectivity index (χ4n) is 3.15. The van der Waals surface area contributed by atoms with Crippen LogP contribution in [0.3, 0.4) is 0 Å². The summed E-state index contributed by atoms with van der Waals surface area (Å²) in [6.07, 6.45) is 1.33. The Morgan fingerprint density at radius 3 is 2.50 bits per heavy atom. The van der Waals surface area contributed by atoms with Crippen LogP contribution in [0, 0.1) is 0 Å². The third-order valence-electron chi connectivity index (χ3n) is 4.42. The molecule has 0 spiro atoms. The van der Waals surface area contributed by atoms with Gasteiger partial charge in [0.05, 0.1) is 6.42 Å². The summed E-state index contributed by atoms with van der Waals surface area (Å²) in [6, 6.07) is 13.9. The normalized spacial score (nSPS) is 16.5. The van der Waals surface area contributed by atoms with E-state index in [-0.39, 0.29) is 17.9 Å². The average molecular weight is 327 g/mol. The molecule has 1 aliphatic rings. The fraction of sp³-hybridized carbons (Fsp3) is 0.316. The van der Waals surface area contributed by atoms with Gasteiger partial charge in [-0.15, -0.1) is 0 Å². The van der Waals surface area contributed by atoms with Gasteiger partial charge in [0.15, 0.2) is 0 Å². The van der Waals surface area contributed by atoms with Crippen molar-refractivity contribution in [3.05, 3.63) is 59.7 Å². The van der Waals surface area contributed by atoms with Crippen molar-refractivity contribution >= 4 is 5.97 Å². The van der Waals surface area contributed by atoms with Crippen LogP contribution in [0.15, 0.2) is 48.5 Å². The summed E-state index contributed by atoms with van der Waals surface area (Å²) in [7, 11) is 0. The van der Waals surface area contributed by atoms with E-state index in [4.69, 9.17) is 4.74 Å². The summed E-state index contributed by atoms with van der Waals surface area (Å²) < 4.78 is 5.89. The molecule has 0 aromatic heterocycles. The molecule has 0 radical (unpaired) electrons. The molecule has 0 atom stereocenters. The maximum Gasteiger partial charge on any atom is 0.311 e. The lowest BCUT2D eigenvalue weighted by molar-refractivity contribution is -0.163. The number of benzene rings is 2. The molecule has 1 saturated heterocycles. The summed E-state index contributed by atoms with van der Waals surface area (Å²) in [5.41, 5.74) is 0.702. The number of hydrogen-bond donors (Lipinski definition) is 3. The van der Waals surface area contributed by atoms with Gasteiger partial charge in [-0.3, -0.25) is 4.79 Å². The Kier molecular flexibility index (Phi) is 4.71. The minimum atomic E-state index is -0.643. The van der Waals surface area contributed by atoms with Crippen molar-refractivity contribution in [1.82, 2.24) is 5.32 Å². The van der Waals surface area contributed by atoms with Gasteiger partial charge in [0.1, 0.15) is 17.1 Å². The molecule has 1 aliphatic heterocycles. The number of piperidine rings is 1. The maximum absolute atomic E-state index is 12.5. The van der Waals surface area contributed by atoms with Crippen LogP contribution in [0.2, 0.25) is 0 Å². The number of phenolic OH excluding ortho intramolecular Hbond substituents is 2. The van der Waals surface area contributed by atoms with Gasteiger partial charge < -0.3 is 20.3 Å². The van der Waals surface area contributed by atoms with E-state index in [1.165, 1.54) is 18.2 Å². The number of phenols is 2. The Hall–Kier alpha value is -2.53. The van der Waals surface area contributed by atoms with Crippen molar-refractivity contribution in [2.45, 2.75) is 24.9 Å². The van der Waals surface area contributed by atoms with Crippen LogP contribution in [0.1, 0.15) is 24.0 Å². The van der Waals surface area contributed by atoms with Crippen LogP contribution < -0.4 is 5.32 Å². The molecule has 3 rings (SSSR count). The van der Waals surface area contributed by atoms with Crippen molar-refractivity contribution in [3.63, 3.8) is 0 Å². The SMILES string of the molecule is O=C(Cc1cc(O)ccc1O)OC1(c2ccccc2)CCNCC1. The van der Waals surface area contributed by atoms with Crippen molar-refractivity contribution in [2.75, 3.05) is 13.1 Å². The molecule has 1 heterocycles. The molecule has 0 unspecified atom stereocenters. The molecule has 2 aromatic rings. The highest BCUT2D eigenvalue weighted by Crippen LogP contribution is 2.35. The van der Waals surface area contributed by atoms with E-state index >= 15 is 0 Å². The zero-order valence-corrected chi connectivity index (χ0v) is 13.4. The van der Waals surface area contributed by atoms with E-state index in [2.05, 4.69) is 5.32 Å². The molecule has 1 fully saturated rings. The third kappa shape index (κ3) is 3.51. The van der Waals surface area contributed by atoms with Crippen LogP contribution in [-0.4, -0.2) is 29.3 Å². The second kappa shape index (κ2) is 6.93. The van der Waals surface area contributed by atoms with Crippen LogP contribution in [0.5, 0.6) is 11.5 Å². The highest BCUT2D eigenvalue weighted by atomic mass is 16.6. The summed E-state index contributed by atoms with van der Waals surface area (Å²) in [4.78, 5) is 12.5. The molecule has 5 nitrogen and oxygen atoms in total. The third-order valence-corrected chi connectivity index (χ3v) is 4.42. The topological polar surface area (TPSA) is 78.8 Å². The standard InChI is InChI=1S/C19H21NO4/c21-16-6-7-17(22)14(12-16)13-18(23)24-19(8-10-20-11-9-19)15-4-2-1-3-5-15/h1-7,12,20-22H,8-11,13H2. The molecule has 2 aromatic carbocycles. The lowest BCUT2D eigenvalue weighted by atomic mass is 9.84. The van der Waals surface area contributed by atoms with E-state index < -0.39 is 11.6 Å². The number of carbonyl (C=O) groups is 1. The fourth-order valence-corrected chi connectivity index (χ4v) is 3.15. The summed E-state index contributed by atoms with van der Waals surface area (Å²) in [5.74, 6) is -0.430. The van der Waals surface area contributed by atoms with Crippen molar-refractivity contribution in [1.29, 1.82) is 0 Å². The first kappa shape index (κ1) is 16.3. The first-order valence-electron chi connectivity index (χ1n) is 8.08. The molecular weight excluding hydrogens is 306 g/mol. The minimum Gasteiger partial charge on any atom is -0.508 e. The Morgan fingerprint density at radius 2 is 1.79 bits per heavy atom. The zero-order valence-electron chi connectivity index (χ0n) is 13.4. The van der Waals surface area contributed by atoms with Crippen LogP contribution in [0.25, 0.3) is 0 Å². The van der Waals surface area contributed by atoms with E-state index in [1.54, 1.807) is 0 Å². The first-order chi connectivity index (χ1) is 11.6. The van der Waals surface area contributed by atoms with Gasteiger partial charge in [0, 0.05) is 18.4 Å². The molecule has 3 N–H and O–H groups in total. The quantitative estimate of drug-likeness (QED) is 0.594. The second-order valence-corrected chi connectivity index (χ2v) is 6.07. The summed E-state index contributed by atoms with van der Waals surface area (Å²) in [5, 5.41) is 22.7. The van der Waals surface area contributed by atoms with Crippen molar-refractivity contribution in [2.24, 2.45) is 0 Å². The molecule has 0 aliphatic carbocycles. The number of rotatable bonds is 4. The van der Waals surface area contributed by atoms with Crippen LogP contribution >= 0.6 is 0 Å². The maximum atomic E-state index is 12.5. The van der Waals surface area contributed by atoms with Gasteiger partial charge in [-0.05, 0) is 36.9 Å². The summed E-state index contributed by atoms with van der Waals surface area (Å²) in [6.45, 7) is 1.55. The number of nitrogens with one attached hydrogen (secondary N) is 1. The number of esters is 1. The second-order valence-electron chi connectivity index (χ2n) is 6.07. The van der Waals surface area contributed by atoms with E-state index in [9.17, 15) is 15.0 Å². The smallest absolute Gasteiger partial charge is 0.311 e. The predicted octanol–water partition coefficient (Wildman–Crippen LogP) is 2.46. The Labute approximate surface area is 140 Å². The average Bonchev–Trinajstić information content (AvgIpc) is 2.60. The van der Waals surface area contributed by atoms with Crippen LogP contribution in [-0.2, 0) is 21.6 Å². The number of carbonyl (C=O) groups excluding carboxylic acids is 1. The molecular formula is C19H21NO4. The van der Waals surface area contributed by atoms with Gasteiger partial charge in [-0.25, -0.2) is 0 Å². The lowest BCUT2D eigenvalue weighted by Crippen LogP contribution is -2.43. The number of hydrogen-bond acceptors (Lipinski definition) is 5. The largest absolute Gasteiger partial charge is 0.508 e. The monoisotopic (exact) mass is 327 g/mol. The molecule has 0 amide bonds. The van der Waals surface area contributed by atoms with Gasteiger partial charge >= 0.3 is 5.97 Å². The first-order valence-corrected chi connectivity index (χ1v) is 8.08. The lowest BCUT2D eigenvalue weighted by Gasteiger charge is -2.37. The van der Waals surface area contributed by atoms with E-state index in [1.807, 2.05) is 30.3 Å². The van der Waals surface area contributed by atoms with Crippen LogP contribution in [0.4, 0.5) is 0 Å². The predicted molar refractivity (Wildman–Crippen MR) is 89.8 cm³/mol. The highest BCUT2D eigenvalue weighted by Gasteiger charge is 2.37. The highest BCUT2D eigenvalue weighted by molar-refractivity contribution is 5.74. The Morgan fingerprint density at radius 1 is 1.08 bits per heavy atom. The Balaban J connectivity index is 1.80. The minimum absolute atomic E-state index is 0.00948. The molecule has 0 bridgehead atoms. The number of ether oxygens (including phenoxy) is 1. The van der Waals surface area contributed by atoms with Crippen molar-refractivity contribution in [3.8, 4) is 11.5 Å². The number of aromatic hydroxyl groups is 2. The molecule has 24 heavy (non-hydrogen) atoms. The zero-order chi connectivity index (χ0) is 17.0. The van der Waals surface area contributed by atoms with E-state index in [0.29, 0.717) is 18.4 Å². The van der Waals surface area contributed by atoms with Crippen molar-refractivity contribution < 1.29 is 19.7 Å². The van der Waals surface area contributed by atoms with E-state index in [0.717, 1.165) is 18.7 Å². The van der Waals surface area contributed by atoms with Gasteiger partial charge in [-0.1, -0.05) is 30.3 Å². The molecule has 126 valence electrons. The molecule has 0 saturated carbocycles. The van der Waals surface area contributed by atoms with Gasteiger partial charge in [0.2, 0.25) is 0 Å². The van der Waals surface area contributed by atoms with Gasteiger partial charge in [0.25, 0.3) is 0 Å². The van der Waals surface area contributed by atoms with Gasteiger partial charge in [-0.2, -0.15) is 0 Å². The summed E-state index contributed by atoms with van der Waals surface area (Å²) >= 11 is 0.